The Morgan fingerprint density at radius 1 is 1.17 bits per heavy atom. The molecule has 0 N–H and O–H groups in total. The summed E-state index contributed by atoms with van der Waals surface area (Å²) < 4.78 is 47.5. The van der Waals surface area contributed by atoms with E-state index in [-0.39, 0.29) is 10.8 Å². The standard InChI is InChI=1S/C24H22F3N5O2S/c1-23(2)21(33)31(17-6-5-15(13-28)19(12-17)24(25,26)27)22(35)32(23)18-7-8-20-16(11-18)14-29-30(20)9-4-10-34-3/h5-8,11-12,14H,4,9-10H2,1-3H3. The van der Waals surface area contributed by atoms with Crippen molar-refractivity contribution in [3.63, 3.8) is 0 Å². The Labute approximate surface area is 205 Å². The molecule has 0 bridgehead atoms. The Bertz CT molecular complexity index is 1360. The summed E-state index contributed by atoms with van der Waals surface area (Å²) in [4.78, 5) is 16.1. The number of hydrogen-bond donors (Lipinski definition) is 0. The van der Waals surface area contributed by atoms with Crippen LogP contribution in [-0.4, -0.2) is 40.1 Å². The van der Waals surface area contributed by atoms with Gasteiger partial charge in [0.25, 0.3) is 5.91 Å². The number of halogens is 3. The number of aryl methyl sites for hydroxylation is 1. The number of carbonyl (C=O) groups excluding carboxylic acids is 1. The van der Waals surface area contributed by atoms with Gasteiger partial charge >= 0.3 is 6.18 Å². The van der Waals surface area contributed by atoms with Crippen LogP contribution in [0, 0.1) is 11.3 Å². The maximum atomic E-state index is 13.5. The van der Waals surface area contributed by atoms with Crippen molar-refractivity contribution in [1.29, 1.82) is 5.26 Å². The molecule has 0 radical (unpaired) electrons. The van der Waals surface area contributed by atoms with Gasteiger partial charge in [0, 0.05) is 31.3 Å². The zero-order valence-corrected chi connectivity index (χ0v) is 20.1. The number of anilines is 2. The molecule has 0 unspecified atom stereocenters. The molecule has 1 saturated heterocycles. The highest BCUT2D eigenvalue weighted by atomic mass is 32.1. The Morgan fingerprint density at radius 3 is 2.54 bits per heavy atom. The second-order valence-electron chi connectivity index (χ2n) is 8.61. The minimum Gasteiger partial charge on any atom is -0.385 e. The summed E-state index contributed by atoms with van der Waals surface area (Å²) in [6.07, 6.45) is -2.24. The fourth-order valence-electron chi connectivity index (χ4n) is 4.21. The van der Waals surface area contributed by atoms with Crippen molar-refractivity contribution >= 4 is 45.5 Å². The Hall–Kier alpha value is -3.49. The molecule has 0 aliphatic carbocycles. The number of fused-ring (bicyclic) bond motifs is 1. The topological polar surface area (TPSA) is 74.4 Å². The molecule has 4 rings (SSSR count). The molecule has 7 nitrogen and oxygen atoms in total. The minimum absolute atomic E-state index is 0.0460. The lowest BCUT2D eigenvalue weighted by atomic mass is 10.0. The van der Waals surface area contributed by atoms with Crippen LogP contribution >= 0.6 is 12.2 Å². The summed E-state index contributed by atoms with van der Waals surface area (Å²) >= 11 is 5.60. The quantitative estimate of drug-likeness (QED) is 0.354. The first-order chi connectivity index (χ1) is 16.5. The normalized spacial score (nSPS) is 15.8. The van der Waals surface area contributed by atoms with Gasteiger partial charge in [0.15, 0.2) is 5.11 Å². The molecular formula is C24H22F3N5O2S. The largest absolute Gasteiger partial charge is 0.417 e. The first kappa shape index (κ1) is 24.6. The third-order valence-corrected chi connectivity index (χ3v) is 6.32. The van der Waals surface area contributed by atoms with Gasteiger partial charge in [0.2, 0.25) is 0 Å². The van der Waals surface area contributed by atoms with E-state index in [9.17, 15) is 18.0 Å². The van der Waals surface area contributed by atoms with Crippen molar-refractivity contribution in [3.05, 3.63) is 53.7 Å². The summed E-state index contributed by atoms with van der Waals surface area (Å²) in [5.74, 6) is -0.476. The van der Waals surface area contributed by atoms with Crippen molar-refractivity contribution in [3.8, 4) is 6.07 Å². The molecule has 1 aromatic heterocycles. The van der Waals surface area contributed by atoms with E-state index in [1.807, 2.05) is 22.9 Å². The Kier molecular flexibility index (Phi) is 6.29. The molecule has 1 aliphatic rings. The number of carbonyl (C=O) groups is 1. The number of aromatic nitrogens is 2. The molecule has 182 valence electrons. The average Bonchev–Trinajstić information content (AvgIpc) is 3.28. The van der Waals surface area contributed by atoms with Crippen LogP contribution in [0.3, 0.4) is 0 Å². The van der Waals surface area contributed by atoms with Gasteiger partial charge < -0.3 is 9.64 Å². The van der Waals surface area contributed by atoms with Gasteiger partial charge in [-0.15, -0.1) is 0 Å². The predicted molar refractivity (Wildman–Crippen MR) is 129 cm³/mol. The number of benzene rings is 2. The van der Waals surface area contributed by atoms with Crippen LogP contribution in [0.15, 0.2) is 42.6 Å². The fourth-order valence-corrected chi connectivity index (χ4v) is 4.73. The third kappa shape index (κ3) is 4.24. The number of alkyl halides is 3. The van der Waals surface area contributed by atoms with E-state index < -0.39 is 28.7 Å². The number of nitriles is 1. The van der Waals surface area contributed by atoms with Crippen LogP contribution in [-0.2, 0) is 22.3 Å². The van der Waals surface area contributed by atoms with Crippen LogP contribution in [0.1, 0.15) is 31.4 Å². The summed E-state index contributed by atoms with van der Waals surface area (Å²) in [7, 11) is 1.64. The second-order valence-corrected chi connectivity index (χ2v) is 8.98. The zero-order valence-electron chi connectivity index (χ0n) is 19.3. The van der Waals surface area contributed by atoms with Gasteiger partial charge in [-0.2, -0.15) is 23.5 Å². The molecule has 1 aliphatic heterocycles. The van der Waals surface area contributed by atoms with Gasteiger partial charge in [0.05, 0.1) is 34.6 Å². The van der Waals surface area contributed by atoms with Gasteiger partial charge in [-0.3, -0.25) is 14.4 Å². The minimum atomic E-state index is -4.75. The fraction of sp³-hybridized carbons (Fsp3) is 0.333. The van der Waals surface area contributed by atoms with E-state index in [1.54, 1.807) is 38.1 Å². The molecule has 1 fully saturated rings. The van der Waals surface area contributed by atoms with Gasteiger partial charge in [-0.05, 0) is 68.9 Å². The van der Waals surface area contributed by atoms with Gasteiger partial charge in [-0.25, -0.2) is 0 Å². The number of amides is 1. The molecule has 0 saturated carbocycles. The number of thiocarbonyl (C=S) groups is 1. The van der Waals surface area contributed by atoms with Crippen molar-refractivity contribution in [2.75, 3.05) is 23.5 Å². The zero-order chi connectivity index (χ0) is 25.5. The summed E-state index contributed by atoms with van der Waals surface area (Å²) in [6.45, 7) is 4.61. The van der Waals surface area contributed by atoms with Gasteiger partial charge in [0.1, 0.15) is 5.54 Å². The van der Waals surface area contributed by atoms with Crippen LogP contribution < -0.4 is 9.80 Å². The first-order valence-electron chi connectivity index (χ1n) is 10.8. The second kappa shape index (κ2) is 8.94. The van der Waals surface area contributed by atoms with E-state index in [0.29, 0.717) is 18.8 Å². The monoisotopic (exact) mass is 501 g/mol. The highest BCUT2D eigenvalue weighted by Crippen LogP contribution is 2.40. The molecule has 2 heterocycles. The molecule has 11 heteroatoms. The van der Waals surface area contributed by atoms with E-state index in [0.717, 1.165) is 34.4 Å². The SMILES string of the molecule is COCCCn1ncc2cc(N3C(=S)N(c4ccc(C#N)c(C(F)(F)F)c4)C(=O)C3(C)C)ccc21. The molecule has 35 heavy (non-hydrogen) atoms. The van der Waals surface area contributed by atoms with E-state index in [4.69, 9.17) is 22.2 Å². The van der Waals surface area contributed by atoms with Crippen LogP contribution in [0.4, 0.5) is 24.5 Å². The lowest BCUT2D eigenvalue weighted by Crippen LogP contribution is -2.44. The number of nitrogens with zero attached hydrogens (tertiary/aromatic N) is 5. The summed E-state index contributed by atoms with van der Waals surface area (Å²) in [6, 6.07) is 10.2. The lowest BCUT2D eigenvalue weighted by Gasteiger charge is -2.29. The van der Waals surface area contributed by atoms with Crippen LogP contribution in [0.25, 0.3) is 10.9 Å². The van der Waals surface area contributed by atoms with Crippen LogP contribution in [0.2, 0.25) is 0 Å². The third-order valence-electron chi connectivity index (χ3n) is 5.96. The predicted octanol–water partition coefficient (Wildman–Crippen LogP) is 4.88. The average molecular weight is 502 g/mol. The summed E-state index contributed by atoms with van der Waals surface area (Å²) in [5.41, 5.74) is -1.34. The molecule has 0 atom stereocenters. The van der Waals surface area contributed by atoms with Crippen molar-refractivity contribution < 1.29 is 22.7 Å². The highest BCUT2D eigenvalue weighted by molar-refractivity contribution is 7.81. The number of hydrogen-bond acceptors (Lipinski definition) is 5. The maximum Gasteiger partial charge on any atom is 0.417 e. The van der Waals surface area contributed by atoms with Gasteiger partial charge in [-0.1, -0.05) is 0 Å². The number of ether oxygens (including phenoxy) is 1. The molecule has 0 spiro atoms. The smallest absolute Gasteiger partial charge is 0.385 e. The number of rotatable bonds is 6. The summed E-state index contributed by atoms with van der Waals surface area (Å²) in [5, 5.41) is 14.4. The van der Waals surface area contributed by atoms with Crippen molar-refractivity contribution in [1.82, 2.24) is 9.78 Å². The Balaban J connectivity index is 1.72. The maximum absolute atomic E-state index is 13.5. The van der Waals surface area contributed by atoms with Crippen molar-refractivity contribution in [2.45, 2.75) is 38.5 Å². The van der Waals surface area contributed by atoms with E-state index >= 15 is 0 Å². The molecule has 2 aromatic carbocycles. The molecular weight excluding hydrogens is 479 g/mol. The molecule has 3 aromatic rings. The number of methoxy groups -OCH3 is 1. The van der Waals surface area contributed by atoms with Crippen LogP contribution in [0.5, 0.6) is 0 Å². The van der Waals surface area contributed by atoms with E-state index in [1.165, 1.54) is 6.07 Å². The highest BCUT2D eigenvalue weighted by Gasteiger charge is 2.50. The lowest BCUT2D eigenvalue weighted by molar-refractivity contribution is -0.137. The van der Waals surface area contributed by atoms with E-state index in [2.05, 4.69) is 5.10 Å². The van der Waals surface area contributed by atoms with Crippen molar-refractivity contribution in [2.24, 2.45) is 0 Å². The molecule has 1 amide bonds. The Morgan fingerprint density at radius 2 is 1.89 bits per heavy atom. The first-order valence-corrected chi connectivity index (χ1v) is 11.2.